The molecule has 146 valence electrons. The molecule has 6 heteroatoms. The minimum Gasteiger partial charge on any atom is -0.437 e. The maximum atomic E-state index is 13.5. The highest BCUT2D eigenvalue weighted by Crippen LogP contribution is 2.33. The van der Waals surface area contributed by atoms with Crippen LogP contribution >= 0.6 is 0 Å². The molecule has 2 aromatic carbocycles. The SMILES string of the molecule is O=c1n(Cc2ccccc2)c2c(Oc3ccccc3)ncnc2n1C1CCCC1. The van der Waals surface area contributed by atoms with Gasteiger partial charge in [0.15, 0.2) is 11.2 Å². The number of imidazole rings is 1. The lowest BCUT2D eigenvalue weighted by Gasteiger charge is -2.10. The largest absolute Gasteiger partial charge is 0.437 e. The highest BCUT2D eigenvalue weighted by atomic mass is 16.5. The Kier molecular flexibility index (Phi) is 4.60. The molecule has 4 aromatic rings. The van der Waals surface area contributed by atoms with Crippen molar-refractivity contribution in [2.75, 3.05) is 0 Å². The number of rotatable bonds is 5. The predicted molar refractivity (Wildman–Crippen MR) is 111 cm³/mol. The highest BCUT2D eigenvalue weighted by molar-refractivity contribution is 5.77. The summed E-state index contributed by atoms with van der Waals surface area (Å²) in [6, 6.07) is 19.7. The van der Waals surface area contributed by atoms with Crippen molar-refractivity contribution in [3.8, 4) is 11.6 Å². The molecule has 0 radical (unpaired) electrons. The summed E-state index contributed by atoms with van der Waals surface area (Å²) in [6.07, 6.45) is 5.77. The maximum Gasteiger partial charge on any atom is 0.331 e. The van der Waals surface area contributed by atoms with Gasteiger partial charge >= 0.3 is 5.69 Å². The molecule has 0 unspecified atom stereocenters. The van der Waals surface area contributed by atoms with E-state index in [4.69, 9.17) is 4.74 Å². The van der Waals surface area contributed by atoms with Gasteiger partial charge in [0, 0.05) is 6.04 Å². The summed E-state index contributed by atoms with van der Waals surface area (Å²) in [7, 11) is 0. The number of ether oxygens (including phenoxy) is 1. The van der Waals surface area contributed by atoms with E-state index in [-0.39, 0.29) is 11.7 Å². The Balaban J connectivity index is 1.69. The van der Waals surface area contributed by atoms with E-state index in [1.54, 1.807) is 4.57 Å². The van der Waals surface area contributed by atoms with Crippen LogP contribution in [0.1, 0.15) is 37.3 Å². The Hall–Kier alpha value is -3.41. The van der Waals surface area contributed by atoms with Crippen LogP contribution in [0.15, 0.2) is 71.8 Å². The second-order valence-corrected chi connectivity index (χ2v) is 7.43. The molecule has 0 N–H and O–H groups in total. The summed E-state index contributed by atoms with van der Waals surface area (Å²) in [4.78, 5) is 22.4. The molecule has 0 saturated heterocycles. The Bertz CT molecular complexity index is 1180. The quantitative estimate of drug-likeness (QED) is 0.505. The van der Waals surface area contributed by atoms with E-state index in [0.29, 0.717) is 29.3 Å². The van der Waals surface area contributed by atoms with Crippen LogP contribution in [0.5, 0.6) is 11.6 Å². The molecule has 0 spiro atoms. The lowest BCUT2D eigenvalue weighted by molar-refractivity contribution is 0.464. The molecule has 1 aliphatic rings. The first-order chi connectivity index (χ1) is 14.3. The maximum absolute atomic E-state index is 13.5. The first-order valence-corrected chi connectivity index (χ1v) is 10.0. The third-order valence-corrected chi connectivity index (χ3v) is 5.54. The van der Waals surface area contributed by atoms with Crippen LogP contribution in [0.3, 0.4) is 0 Å². The number of aromatic nitrogens is 4. The van der Waals surface area contributed by atoms with Gasteiger partial charge in [-0.2, -0.15) is 4.98 Å². The summed E-state index contributed by atoms with van der Waals surface area (Å²) in [5, 5.41) is 0. The lowest BCUT2D eigenvalue weighted by atomic mass is 10.2. The van der Waals surface area contributed by atoms with Crippen LogP contribution in [-0.2, 0) is 6.54 Å². The van der Waals surface area contributed by atoms with Gasteiger partial charge in [-0.25, -0.2) is 9.78 Å². The molecular formula is C23H22N4O2. The van der Waals surface area contributed by atoms with E-state index < -0.39 is 0 Å². The number of benzene rings is 2. The molecular weight excluding hydrogens is 364 g/mol. The predicted octanol–water partition coefficient (Wildman–Crippen LogP) is 4.55. The van der Waals surface area contributed by atoms with Crippen LogP contribution in [0, 0.1) is 0 Å². The average Bonchev–Trinajstić information content (AvgIpc) is 3.37. The molecule has 0 aliphatic heterocycles. The Morgan fingerprint density at radius 1 is 0.931 bits per heavy atom. The molecule has 5 rings (SSSR count). The van der Waals surface area contributed by atoms with E-state index in [1.165, 1.54) is 6.33 Å². The van der Waals surface area contributed by atoms with Gasteiger partial charge in [0.1, 0.15) is 12.1 Å². The lowest BCUT2D eigenvalue weighted by Crippen LogP contribution is -2.27. The third kappa shape index (κ3) is 3.31. The number of para-hydroxylation sites is 1. The normalized spacial score (nSPS) is 14.5. The van der Waals surface area contributed by atoms with Gasteiger partial charge in [-0.1, -0.05) is 61.4 Å². The molecule has 1 saturated carbocycles. The fourth-order valence-electron chi connectivity index (χ4n) is 4.16. The molecule has 29 heavy (non-hydrogen) atoms. The van der Waals surface area contributed by atoms with Crippen LogP contribution in [-0.4, -0.2) is 19.1 Å². The second-order valence-electron chi connectivity index (χ2n) is 7.43. The van der Waals surface area contributed by atoms with Crippen LogP contribution < -0.4 is 10.4 Å². The molecule has 0 bridgehead atoms. The third-order valence-electron chi connectivity index (χ3n) is 5.54. The van der Waals surface area contributed by atoms with Crippen molar-refractivity contribution in [3.05, 3.63) is 83.0 Å². The zero-order valence-electron chi connectivity index (χ0n) is 16.1. The smallest absolute Gasteiger partial charge is 0.331 e. The van der Waals surface area contributed by atoms with Crippen molar-refractivity contribution in [2.45, 2.75) is 38.3 Å². The van der Waals surface area contributed by atoms with Gasteiger partial charge in [-0.15, -0.1) is 0 Å². The second kappa shape index (κ2) is 7.54. The first kappa shape index (κ1) is 17.7. The van der Waals surface area contributed by atoms with E-state index in [2.05, 4.69) is 9.97 Å². The van der Waals surface area contributed by atoms with Gasteiger partial charge < -0.3 is 4.74 Å². The van der Waals surface area contributed by atoms with E-state index >= 15 is 0 Å². The highest BCUT2D eigenvalue weighted by Gasteiger charge is 2.26. The average molecular weight is 386 g/mol. The molecule has 2 heterocycles. The van der Waals surface area contributed by atoms with Gasteiger partial charge in [0.25, 0.3) is 0 Å². The zero-order chi connectivity index (χ0) is 19.6. The summed E-state index contributed by atoms with van der Waals surface area (Å²) >= 11 is 0. The monoisotopic (exact) mass is 386 g/mol. The van der Waals surface area contributed by atoms with Gasteiger partial charge in [-0.05, 0) is 30.5 Å². The molecule has 0 atom stereocenters. The van der Waals surface area contributed by atoms with Crippen molar-refractivity contribution < 1.29 is 4.74 Å². The van der Waals surface area contributed by atoms with E-state index in [0.717, 1.165) is 31.2 Å². The van der Waals surface area contributed by atoms with Crippen molar-refractivity contribution in [1.82, 2.24) is 19.1 Å². The number of nitrogens with zero attached hydrogens (tertiary/aromatic N) is 4. The number of fused-ring (bicyclic) bond motifs is 1. The zero-order valence-corrected chi connectivity index (χ0v) is 16.1. The number of hydrogen-bond acceptors (Lipinski definition) is 4. The minimum absolute atomic E-state index is 0.0471. The summed E-state index contributed by atoms with van der Waals surface area (Å²) in [6.45, 7) is 0.453. The van der Waals surface area contributed by atoms with Gasteiger partial charge in [-0.3, -0.25) is 9.13 Å². The van der Waals surface area contributed by atoms with E-state index in [9.17, 15) is 4.79 Å². The van der Waals surface area contributed by atoms with Crippen LogP contribution in [0.2, 0.25) is 0 Å². The standard InChI is InChI=1S/C23H22N4O2/c28-23-26(15-17-9-3-1-4-10-17)20-21(27(23)18-11-7-8-12-18)24-16-25-22(20)29-19-13-5-2-6-14-19/h1-6,9-10,13-14,16,18H,7-8,11-12,15H2. The van der Waals surface area contributed by atoms with Crippen molar-refractivity contribution in [3.63, 3.8) is 0 Å². The molecule has 1 aliphatic carbocycles. The van der Waals surface area contributed by atoms with Crippen molar-refractivity contribution in [1.29, 1.82) is 0 Å². The summed E-state index contributed by atoms with van der Waals surface area (Å²) in [5.41, 5.74) is 2.31. The van der Waals surface area contributed by atoms with Crippen LogP contribution in [0.4, 0.5) is 0 Å². The van der Waals surface area contributed by atoms with Crippen molar-refractivity contribution >= 4 is 11.2 Å². The molecule has 0 amide bonds. The Morgan fingerprint density at radius 3 is 2.34 bits per heavy atom. The van der Waals surface area contributed by atoms with Crippen molar-refractivity contribution in [2.24, 2.45) is 0 Å². The van der Waals surface area contributed by atoms with Crippen LogP contribution in [0.25, 0.3) is 11.2 Å². The summed E-state index contributed by atoms with van der Waals surface area (Å²) < 4.78 is 9.68. The molecule has 1 fully saturated rings. The minimum atomic E-state index is -0.0471. The first-order valence-electron chi connectivity index (χ1n) is 10.0. The molecule has 2 aromatic heterocycles. The van der Waals surface area contributed by atoms with E-state index in [1.807, 2.05) is 65.2 Å². The van der Waals surface area contributed by atoms with Gasteiger partial charge in [0.2, 0.25) is 5.88 Å². The molecule has 6 nitrogen and oxygen atoms in total. The number of hydrogen-bond donors (Lipinski definition) is 0. The Morgan fingerprint density at radius 2 is 1.62 bits per heavy atom. The Labute approximate surface area is 168 Å². The fraction of sp³-hybridized carbons (Fsp3) is 0.261. The summed E-state index contributed by atoms with van der Waals surface area (Å²) in [5.74, 6) is 1.09. The fourth-order valence-corrected chi connectivity index (χ4v) is 4.16. The topological polar surface area (TPSA) is 61.9 Å². The van der Waals surface area contributed by atoms with Gasteiger partial charge in [0.05, 0.1) is 6.54 Å².